The number of carbonyl (C=O) groups is 1. The number of primary amides is 1. The minimum Gasteiger partial charge on any atom is -0.366 e. The summed E-state index contributed by atoms with van der Waals surface area (Å²) in [5.74, 6) is -0.907. The summed E-state index contributed by atoms with van der Waals surface area (Å²) in [5, 5.41) is 3.14. The van der Waals surface area contributed by atoms with Gasteiger partial charge in [0.05, 0.1) is 0 Å². The minimum atomic E-state index is -0.557. The minimum absolute atomic E-state index is 0.311. The van der Waals surface area contributed by atoms with Gasteiger partial charge in [0.15, 0.2) is 0 Å². The summed E-state index contributed by atoms with van der Waals surface area (Å²) >= 11 is 3.40. The first-order valence-corrected chi connectivity index (χ1v) is 6.89. The third-order valence-electron chi connectivity index (χ3n) is 2.86. The molecule has 0 spiro atoms. The Morgan fingerprint density at radius 3 is 2.70 bits per heavy atom. The van der Waals surface area contributed by atoms with Crippen LogP contribution >= 0.6 is 15.9 Å². The lowest BCUT2D eigenvalue weighted by atomic mass is 10.1. The predicted molar refractivity (Wildman–Crippen MR) is 79.6 cm³/mol. The number of rotatable bonds is 5. The van der Waals surface area contributed by atoms with Gasteiger partial charge in [-0.3, -0.25) is 4.79 Å². The van der Waals surface area contributed by atoms with Crippen LogP contribution in [0.5, 0.6) is 0 Å². The average Bonchev–Trinajstić information content (AvgIpc) is 2.40. The SMILES string of the molecule is NC(=O)c1ccc(F)c(CNCc2cccc(Br)c2)c1. The molecule has 0 bridgehead atoms. The highest BCUT2D eigenvalue weighted by molar-refractivity contribution is 9.10. The Bertz CT molecular complexity index is 631. The maximum atomic E-state index is 13.6. The van der Waals surface area contributed by atoms with Gasteiger partial charge in [0.25, 0.3) is 0 Å². The van der Waals surface area contributed by atoms with Gasteiger partial charge in [-0.1, -0.05) is 28.1 Å². The largest absolute Gasteiger partial charge is 0.366 e. The van der Waals surface area contributed by atoms with E-state index in [0.29, 0.717) is 24.2 Å². The van der Waals surface area contributed by atoms with Crippen LogP contribution in [0.2, 0.25) is 0 Å². The molecule has 0 radical (unpaired) electrons. The van der Waals surface area contributed by atoms with Gasteiger partial charge >= 0.3 is 0 Å². The number of carbonyl (C=O) groups excluding carboxylic acids is 1. The molecule has 0 saturated carbocycles. The molecule has 0 aliphatic carbocycles. The summed E-state index contributed by atoms with van der Waals surface area (Å²) in [6.45, 7) is 0.944. The molecule has 0 unspecified atom stereocenters. The lowest BCUT2D eigenvalue weighted by Gasteiger charge is -2.08. The van der Waals surface area contributed by atoms with Crippen LogP contribution in [0.3, 0.4) is 0 Å². The molecule has 2 aromatic rings. The van der Waals surface area contributed by atoms with Crippen molar-refractivity contribution in [3.63, 3.8) is 0 Å². The molecule has 0 heterocycles. The standard InChI is InChI=1S/C15H14BrFN2O/c16-13-3-1-2-10(6-13)8-19-9-12-7-11(15(18)20)4-5-14(12)17/h1-7,19H,8-9H2,(H2,18,20). The van der Waals surface area contributed by atoms with Crippen LogP contribution in [0, 0.1) is 5.82 Å². The van der Waals surface area contributed by atoms with Crippen LogP contribution < -0.4 is 11.1 Å². The van der Waals surface area contributed by atoms with Crippen LogP contribution in [-0.4, -0.2) is 5.91 Å². The molecule has 0 atom stereocenters. The molecule has 3 N–H and O–H groups in total. The molecule has 0 saturated heterocycles. The predicted octanol–water partition coefficient (Wildman–Crippen LogP) is 2.98. The average molecular weight is 337 g/mol. The van der Waals surface area contributed by atoms with Crippen LogP contribution in [0.15, 0.2) is 46.9 Å². The van der Waals surface area contributed by atoms with Crippen molar-refractivity contribution in [2.24, 2.45) is 5.73 Å². The van der Waals surface area contributed by atoms with Gasteiger partial charge in [-0.2, -0.15) is 0 Å². The Morgan fingerprint density at radius 2 is 2.00 bits per heavy atom. The normalized spacial score (nSPS) is 10.5. The van der Waals surface area contributed by atoms with E-state index in [2.05, 4.69) is 21.2 Å². The number of nitrogens with one attached hydrogen (secondary N) is 1. The molecular formula is C15H14BrFN2O. The van der Waals surface area contributed by atoms with Crippen molar-refractivity contribution in [1.82, 2.24) is 5.32 Å². The fourth-order valence-electron chi connectivity index (χ4n) is 1.85. The van der Waals surface area contributed by atoms with E-state index < -0.39 is 5.91 Å². The molecule has 0 fully saturated rings. The van der Waals surface area contributed by atoms with E-state index >= 15 is 0 Å². The van der Waals surface area contributed by atoms with Crippen molar-refractivity contribution in [1.29, 1.82) is 0 Å². The van der Waals surface area contributed by atoms with Crippen LogP contribution in [0.25, 0.3) is 0 Å². The molecule has 20 heavy (non-hydrogen) atoms. The maximum Gasteiger partial charge on any atom is 0.248 e. The maximum absolute atomic E-state index is 13.6. The zero-order valence-electron chi connectivity index (χ0n) is 10.7. The molecule has 3 nitrogen and oxygen atoms in total. The first-order chi connectivity index (χ1) is 9.56. The molecule has 5 heteroatoms. The van der Waals surface area contributed by atoms with E-state index in [-0.39, 0.29) is 5.82 Å². The quantitative estimate of drug-likeness (QED) is 0.881. The highest BCUT2D eigenvalue weighted by atomic mass is 79.9. The van der Waals surface area contributed by atoms with Crippen molar-refractivity contribution in [3.05, 3.63) is 69.4 Å². The number of hydrogen-bond acceptors (Lipinski definition) is 2. The molecule has 104 valence electrons. The van der Waals surface area contributed by atoms with Gasteiger partial charge < -0.3 is 11.1 Å². The number of amides is 1. The van der Waals surface area contributed by atoms with Crippen molar-refractivity contribution < 1.29 is 9.18 Å². The highest BCUT2D eigenvalue weighted by Gasteiger charge is 2.06. The zero-order valence-corrected chi connectivity index (χ0v) is 12.3. The lowest BCUT2D eigenvalue weighted by Crippen LogP contribution is -2.16. The monoisotopic (exact) mass is 336 g/mol. The van der Waals surface area contributed by atoms with E-state index in [1.807, 2.05) is 24.3 Å². The summed E-state index contributed by atoms with van der Waals surface area (Å²) in [6, 6.07) is 12.0. The van der Waals surface area contributed by atoms with Crippen LogP contribution in [0.4, 0.5) is 4.39 Å². The Morgan fingerprint density at radius 1 is 1.20 bits per heavy atom. The van der Waals surface area contributed by atoms with Gasteiger partial charge in [0, 0.05) is 28.7 Å². The number of benzene rings is 2. The Hall–Kier alpha value is -1.72. The summed E-state index contributed by atoms with van der Waals surface area (Å²) < 4.78 is 14.6. The Labute approximate surface area is 125 Å². The molecule has 1 amide bonds. The second kappa shape index (κ2) is 6.63. The van der Waals surface area contributed by atoms with Gasteiger partial charge in [-0.05, 0) is 35.9 Å². The van der Waals surface area contributed by atoms with E-state index in [1.165, 1.54) is 18.2 Å². The zero-order chi connectivity index (χ0) is 14.5. The summed E-state index contributed by atoms with van der Waals surface area (Å²) in [4.78, 5) is 11.1. The molecule has 0 aromatic heterocycles. The van der Waals surface area contributed by atoms with Gasteiger partial charge in [0.2, 0.25) is 5.91 Å². The van der Waals surface area contributed by atoms with Gasteiger partial charge in [-0.25, -0.2) is 4.39 Å². The smallest absolute Gasteiger partial charge is 0.248 e. The second-order valence-electron chi connectivity index (χ2n) is 4.40. The Kier molecular flexibility index (Phi) is 4.87. The molecule has 2 aromatic carbocycles. The fourth-order valence-corrected chi connectivity index (χ4v) is 2.30. The van der Waals surface area contributed by atoms with Crippen LogP contribution in [0.1, 0.15) is 21.5 Å². The highest BCUT2D eigenvalue weighted by Crippen LogP contribution is 2.13. The van der Waals surface area contributed by atoms with E-state index in [1.54, 1.807) is 0 Å². The second-order valence-corrected chi connectivity index (χ2v) is 5.32. The molecule has 0 aliphatic rings. The summed E-state index contributed by atoms with van der Waals surface area (Å²) in [6.07, 6.45) is 0. The van der Waals surface area contributed by atoms with E-state index in [4.69, 9.17) is 5.73 Å². The van der Waals surface area contributed by atoms with Gasteiger partial charge in [0.1, 0.15) is 5.82 Å². The van der Waals surface area contributed by atoms with Gasteiger partial charge in [-0.15, -0.1) is 0 Å². The lowest BCUT2D eigenvalue weighted by molar-refractivity contribution is 0.1000. The van der Waals surface area contributed by atoms with Crippen molar-refractivity contribution >= 4 is 21.8 Å². The molecular weight excluding hydrogens is 323 g/mol. The third kappa shape index (κ3) is 3.88. The third-order valence-corrected chi connectivity index (χ3v) is 3.36. The first-order valence-electron chi connectivity index (χ1n) is 6.09. The topological polar surface area (TPSA) is 55.1 Å². The van der Waals surface area contributed by atoms with E-state index in [0.717, 1.165) is 10.0 Å². The van der Waals surface area contributed by atoms with E-state index in [9.17, 15) is 9.18 Å². The number of hydrogen-bond donors (Lipinski definition) is 2. The fraction of sp³-hybridized carbons (Fsp3) is 0.133. The molecule has 0 aliphatic heterocycles. The summed E-state index contributed by atoms with van der Waals surface area (Å²) in [7, 11) is 0. The molecule has 2 rings (SSSR count). The van der Waals surface area contributed by atoms with Crippen molar-refractivity contribution in [2.45, 2.75) is 13.1 Å². The Balaban J connectivity index is 2.00. The number of halogens is 2. The first kappa shape index (κ1) is 14.7. The number of nitrogens with two attached hydrogens (primary N) is 1. The van der Waals surface area contributed by atoms with Crippen molar-refractivity contribution in [2.75, 3.05) is 0 Å². The van der Waals surface area contributed by atoms with Crippen molar-refractivity contribution in [3.8, 4) is 0 Å². The van der Waals surface area contributed by atoms with Crippen LogP contribution in [-0.2, 0) is 13.1 Å². The summed E-state index contributed by atoms with van der Waals surface area (Å²) in [5.41, 5.74) is 7.01.